The van der Waals surface area contributed by atoms with E-state index in [2.05, 4.69) is 20.8 Å². The number of carbonyl (C=O) groups excluding carboxylic acids is 1. The summed E-state index contributed by atoms with van der Waals surface area (Å²) in [4.78, 5) is 25.8. The molecule has 1 aromatic rings. The van der Waals surface area contributed by atoms with Gasteiger partial charge < -0.3 is 10.0 Å². The zero-order chi connectivity index (χ0) is 18.4. The van der Waals surface area contributed by atoms with Gasteiger partial charge in [0.15, 0.2) is 0 Å². The van der Waals surface area contributed by atoms with Gasteiger partial charge in [-0.05, 0) is 55.1 Å². The number of piperidine rings is 1. The second kappa shape index (κ2) is 9.02. The van der Waals surface area contributed by atoms with E-state index in [1.165, 1.54) is 0 Å². The van der Waals surface area contributed by atoms with Crippen LogP contribution in [0, 0.1) is 17.8 Å². The molecule has 0 spiro atoms. The summed E-state index contributed by atoms with van der Waals surface area (Å²) in [5.74, 6) is 0.938. The number of aromatic carboxylic acids is 1. The zero-order valence-electron chi connectivity index (χ0n) is 15.7. The van der Waals surface area contributed by atoms with Crippen molar-refractivity contribution in [1.82, 2.24) is 4.90 Å². The predicted octanol–water partition coefficient (Wildman–Crippen LogP) is 4.24. The highest BCUT2D eigenvalue weighted by atomic mass is 16.4. The van der Waals surface area contributed by atoms with Gasteiger partial charge in [0, 0.05) is 19.5 Å². The largest absolute Gasteiger partial charge is 0.478 e. The van der Waals surface area contributed by atoms with Crippen molar-refractivity contribution >= 4 is 11.9 Å². The van der Waals surface area contributed by atoms with E-state index < -0.39 is 5.97 Å². The van der Waals surface area contributed by atoms with Crippen molar-refractivity contribution in [2.24, 2.45) is 17.8 Å². The molecular formula is C21H31NO3. The standard InChI is InChI=1S/C21H31NO3/c1-15(2)12-16(3)13-20(23)22-10-8-17(9-11-22)14-18-6-4-5-7-19(18)21(24)25/h4-7,15-17H,8-14H2,1-3H3,(H,24,25). The third kappa shape index (κ3) is 5.87. The number of amides is 1. The molecule has 0 saturated carbocycles. The van der Waals surface area contributed by atoms with Gasteiger partial charge in [-0.3, -0.25) is 4.79 Å². The first kappa shape index (κ1) is 19.5. The third-order valence-corrected chi connectivity index (χ3v) is 5.12. The first-order chi connectivity index (χ1) is 11.9. The summed E-state index contributed by atoms with van der Waals surface area (Å²) in [6, 6.07) is 7.25. The number of likely N-dealkylation sites (tertiary alicyclic amines) is 1. The molecule has 1 aliphatic heterocycles. The number of rotatable bonds is 7. The molecule has 1 atom stereocenters. The molecule has 1 N–H and O–H groups in total. The first-order valence-corrected chi connectivity index (χ1v) is 9.45. The second-order valence-corrected chi connectivity index (χ2v) is 7.93. The topological polar surface area (TPSA) is 57.6 Å². The molecule has 138 valence electrons. The fraction of sp³-hybridized carbons (Fsp3) is 0.619. The molecular weight excluding hydrogens is 314 g/mol. The van der Waals surface area contributed by atoms with Gasteiger partial charge in [0.25, 0.3) is 0 Å². The van der Waals surface area contributed by atoms with Crippen molar-refractivity contribution in [3.8, 4) is 0 Å². The number of carbonyl (C=O) groups is 2. The van der Waals surface area contributed by atoms with E-state index >= 15 is 0 Å². The van der Waals surface area contributed by atoms with Crippen LogP contribution in [0.3, 0.4) is 0 Å². The molecule has 0 bridgehead atoms. The summed E-state index contributed by atoms with van der Waals surface area (Å²) >= 11 is 0. The predicted molar refractivity (Wildman–Crippen MR) is 99.6 cm³/mol. The van der Waals surface area contributed by atoms with E-state index in [0.717, 1.165) is 44.3 Å². The van der Waals surface area contributed by atoms with Crippen LogP contribution in [0.4, 0.5) is 0 Å². The van der Waals surface area contributed by atoms with Gasteiger partial charge >= 0.3 is 5.97 Å². The molecule has 0 radical (unpaired) electrons. The highest BCUT2D eigenvalue weighted by molar-refractivity contribution is 5.89. The maximum absolute atomic E-state index is 12.4. The van der Waals surface area contributed by atoms with Crippen molar-refractivity contribution in [2.75, 3.05) is 13.1 Å². The van der Waals surface area contributed by atoms with E-state index in [-0.39, 0.29) is 5.91 Å². The van der Waals surface area contributed by atoms with Crippen LogP contribution in [0.1, 0.15) is 62.4 Å². The van der Waals surface area contributed by atoms with Crippen LogP contribution >= 0.6 is 0 Å². The Morgan fingerprint density at radius 1 is 1.16 bits per heavy atom. The number of hydrogen-bond acceptors (Lipinski definition) is 2. The molecule has 0 aliphatic carbocycles. The van der Waals surface area contributed by atoms with Crippen molar-refractivity contribution in [3.63, 3.8) is 0 Å². The van der Waals surface area contributed by atoms with Gasteiger partial charge in [0.1, 0.15) is 0 Å². The smallest absolute Gasteiger partial charge is 0.335 e. The summed E-state index contributed by atoms with van der Waals surface area (Å²) in [6.45, 7) is 8.15. The molecule has 1 fully saturated rings. The Bertz CT molecular complexity index is 589. The van der Waals surface area contributed by atoms with E-state index in [4.69, 9.17) is 0 Å². The fourth-order valence-electron chi connectivity index (χ4n) is 3.92. The Balaban J connectivity index is 1.84. The number of hydrogen-bond donors (Lipinski definition) is 1. The lowest BCUT2D eigenvalue weighted by atomic mass is 9.88. The van der Waals surface area contributed by atoms with Crippen LogP contribution in [0.2, 0.25) is 0 Å². The second-order valence-electron chi connectivity index (χ2n) is 7.93. The lowest BCUT2D eigenvalue weighted by Gasteiger charge is -2.33. The fourth-order valence-corrected chi connectivity index (χ4v) is 3.92. The van der Waals surface area contributed by atoms with Crippen molar-refractivity contribution < 1.29 is 14.7 Å². The molecule has 1 aromatic carbocycles. The van der Waals surface area contributed by atoms with Crippen LogP contribution in [0.5, 0.6) is 0 Å². The lowest BCUT2D eigenvalue weighted by Crippen LogP contribution is -2.39. The minimum Gasteiger partial charge on any atom is -0.478 e. The maximum Gasteiger partial charge on any atom is 0.335 e. The molecule has 25 heavy (non-hydrogen) atoms. The SMILES string of the molecule is CC(C)CC(C)CC(=O)N1CCC(Cc2ccccc2C(=O)O)CC1. The number of nitrogens with zero attached hydrogens (tertiary/aromatic N) is 1. The highest BCUT2D eigenvalue weighted by Crippen LogP contribution is 2.25. The molecule has 4 nitrogen and oxygen atoms in total. The number of carboxylic acids is 1. The Morgan fingerprint density at radius 2 is 1.80 bits per heavy atom. The van der Waals surface area contributed by atoms with E-state index in [0.29, 0.717) is 29.7 Å². The lowest BCUT2D eigenvalue weighted by molar-refractivity contribution is -0.133. The van der Waals surface area contributed by atoms with Gasteiger partial charge in [-0.25, -0.2) is 4.79 Å². The maximum atomic E-state index is 12.4. The normalized spacial score (nSPS) is 16.9. The van der Waals surface area contributed by atoms with E-state index in [1.54, 1.807) is 12.1 Å². The Kier molecular flexibility index (Phi) is 7.03. The molecule has 1 unspecified atom stereocenters. The number of carboxylic acid groups (broad SMARTS) is 1. The first-order valence-electron chi connectivity index (χ1n) is 9.45. The Labute approximate surface area is 151 Å². The van der Waals surface area contributed by atoms with Crippen LogP contribution < -0.4 is 0 Å². The highest BCUT2D eigenvalue weighted by Gasteiger charge is 2.25. The minimum absolute atomic E-state index is 0.275. The van der Waals surface area contributed by atoms with Gasteiger partial charge in [-0.1, -0.05) is 39.0 Å². The summed E-state index contributed by atoms with van der Waals surface area (Å²) in [5.41, 5.74) is 1.31. The van der Waals surface area contributed by atoms with Crippen LogP contribution in [-0.4, -0.2) is 35.0 Å². The zero-order valence-corrected chi connectivity index (χ0v) is 15.7. The number of benzene rings is 1. The average molecular weight is 345 g/mol. The van der Waals surface area contributed by atoms with E-state index in [1.807, 2.05) is 17.0 Å². The molecule has 0 aromatic heterocycles. The van der Waals surface area contributed by atoms with Crippen molar-refractivity contribution in [1.29, 1.82) is 0 Å². The molecule has 1 saturated heterocycles. The van der Waals surface area contributed by atoms with Gasteiger partial charge in [0.05, 0.1) is 5.56 Å². The third-order valence-electron chi connectivity index (χ3n) is 5.12. The van der Waals surface area contributed by atoms with Crippen molar-refractivity contribution in [2.45, 2.75) is 52.9 Å². The summed E-state index contributed by atoms with van der Waals surface area (Å²) in [6.07, 6.45) is 4.43. The average Bonchev–Trinajstić information content (AvgIpc) is 2.55. The van der Waals surface area contributed by atoms with Crippen LogP contribution in [-0.2, 0) is 11.2 Å². The van der Waals surface area contributed by atoms with Crippen molar-refractivity contribution in [3.05, 3.63) is 35.4 Å². The molecule has 1 amide bonds. The van der Waals surface area contributed by atoms with Gasteiger partial charge in [0.2, 0.25) is 5.91 Å². The summed E-state index contributed by atoms with van der Waals surface area (Å²) in [5, 5.41) is 9.30. The Hall–Kier alpha value is -1.84. The van der Waals surface area contributed by atoms with E-state index in [9.17, 15) is 14.7 Å². The molecule has 2 rings (SSSR count). The summed E-state index contributed by atoms with van der Waals surface area (Å²) in [7, 11) is 0. The molecule has 1 heterocycles. The Morgan fingerprint density at radius 3 is 2.40 bits per heavy atom. The minimum atomic E-state index is -0.859. The molecule has 1 aliphatic rings. The quantitative estimate of drug-likeness (QED) is 0.804. The van der Waals surface area contributed by atoms with Crippen LogP contribution in [0.25, 0.3) is 0 Å². The van der Waals surface area contributed by atoms with Crippen LogP contribution in [0.15, 0.2) is 24.3 Å². The summed E-state index contributed by atoms with van der Waals surface area (Å²) < 4.78 is 0. The van der Waals surface area contributed by atoms with Gasteiger partial charge in [-0.2, -0.15) is 0 Å². The van der Waals surface area contributed by atoms with Gasteiger partial charge in [-0.15, -0.1) is 0 Å². The monoisotopic (exact) mass is 345 g/mol. The molecule has 4 heteroatoms.